The highest BCUT2D eigenvalue weighted by atomic mass is 32.1. The predicted octanol–water partition coefficient (Wildman–Crippen LogP) is 5.79. The van der Waals surface area contributed by atoms with Crippen molar-refractivity contribution in [1.82, 2.24) is 4.98 Å². The average Bonchev–Trinajstić information content (AvgIpc) is 3.46. The second-order valence-electron chi connectivity index (χ2n) is 8.63. The molecule has 0 unspecified atom stereocenters. The van der Waals surface area contributed by atoms with E-state index < -0.39 is 22.7 Å². The first kappa shape index (κ1) is 25.1. The second-order valence-corrected chi connectivity index (χ2v) is 9.64. The highest BCUT2D eigenvalue weighted by molar-refractivity contribution is 7.22. The summed E-state index contributed by atoms with van der Waals surface area (Å²) in [7, 11) is 0. The minimum atomic E-state index is -1.12. The quantitative estimate of drug-likeness (QED) is 0.106. The monoisotopic (exact) mass is 529 g/mol. The maximum Gasteiger partial charge on any atom is 0.301 e. The largest absolute Gasteiger partial charge is 0.507 e. The van der Waals surface area contributed by atoms with Crippen LogP contribution in [0.2, 0.25) is 0 Å². The summed E-state index contributed by atoms with van der Waals surface area (Å²) in [4.78, 5) is 43.6. The van der Waals surface area contributed by atoms with Gasteiger partial charge in [0.25, 0.3) is 11.5 Å². The fourth-order valence-electron chi connectivity index (χ4n) is 4.46. The van der Waals surface area contributed by atoms with Crippen LogP contribution in [0.25, 0.3) is 16.0 Å². The minimum Gasteiger partial charge on any atom is -0.507 e. The van der Waals surface area contributed by atoms with Crippen molar-refractivity contribution in [3.63, 3.8) is 0 Å². The Labute approximate surface area is 221 Å². The maximum atomic E-state index is 13.4. The first-order chi connectivity index (χ1) is 18.3. The summed E-state index contributed by atoms with van der Waals surface area (Å²) < 4.78 is 6.29. The molecule has 1 N–H and O–H groups in total. The number of nitro groups is 1. The van der Waals surface area contributed by atoms with E-state index in [1.807, 2.05) is 32.0 Å². The van der Waals surface area contributed by atoms with Crippen LogP contribution in [0.3, 0.4) is 0 Å². The maximum absolute atomic E-state index is 13.4. The molecule has 1 fully saturated rings. The summed E-state index contributed by atoms with van der Waals surface area (Å²) in [5.41, 5.74) is 1.99. The summed E-state index contributed by atoms with van der Waals surface area (Å²) in [6, 6.07) is 16.8. The molecule has 0 aliphatic carbocycles. The van der Waals surface area contributed by atoms with Gasteiger partial charge < -0.3 is 9.84 Å². The van der Waals surface area contributed by atoms with Crippen LogP contribution in [0, 0.1) is 10.1 Å². The molecular formula is C28H23N3O6S. The van der Waals surface area contributed by atoms with Crippen molar-refractivity contribution >= 4 is 49.8 Å². The van der Waals surface area contributed by atoms with Gasteiger partial charge in [0.2, 0.25) is 0 Å². The van der Waals surface area contributed by atoms with Crippen LogP contribution >= 0.6 is 11.3 Å². The molecule has 1 atom stereocenters. The van der Waals surface area contributed by atoms with E-state index in [9.17, 15) is 24.8 Å². The fourth-order valence-corrected chi connectivity index (χ4v) is 5.52. The Bertz CT molecular complexity index is 1610. The topological polar surface area (TPSA) is 123 Å². The van der Waals surface area contributed by atoms with Crippen LogP contribution in [0.15, 0.2) is 72.3 Å². The summed E-state index contributed by atoms with van der Waals surface area (Å²) >= 11 is 1.24. The van der Waals surface area contributed by atoms with E-state index in [0.29, 0.717) is 29.0 Å². The van der Waals surface area contributed by atoms with E-state index in [-0.39, 0.29) is 22.2 Å². The zero-order valence-corrected chi connectivity index (χ0v) is 21.4. The number of non-ortho nitro benzene ring substituents is 1. The number of nitrogens with zero attached hydrogens (tertiary/aromatic N) is 3. The van der Waals surface area contributed by atoms with Gasteiger partial charge in [-0.3, -0.25) is 24.6 Å². The molecule has 0 spiro atoms. The predicted molar refractivity (Wildman–Crippen MR) is 144 cm³/mol. The van der Waals surface area contributed by atoms with Crippen LogP contribution in [0.5, 0.6) is 5.75 Å². The van der Waals surface area contributed by atoms with Crippen LogP contribution in [-0.4, -0.2) is 33.3 Å². The number of hydrogen-bond donors (Lipinski definition) is 1. The summed E-state index contributed by atoms with van der Waals surface area (Å²) in [6.07, 6.45) is 0.823. The van der Waals surface area contributed by atoms with Gasteiger partial charge in [0.15, 0.2) is 5.13 Å². The lowest BCUT2D eigenvalue weighted by Gasteiger charge is -2.22. The number of carbonyl (C=O) groups is 2. The van der Waals surface area contributed by atoms with Crippen LogP contribution in [-0.2, 0) is 16.0 Å². The highest BCUT2D eigenvalue weighted by Crippen LogP contribution is 2.45. The number of aliphatic hydroxyl groups excluding tert-OH is 1. The SMILES string of the molecule is CCOc1ccc(C(O)=C2C(=O)C(=O)N(c3nc4ccc(CC)cc4s3)[C@H]2c2cccc([N+](=O)[O-])c2)cc1. The normalized spacial score (nSPS) is 16.8. The molecule has 1 aromatic heterocycles. The van der Waals surface area contributed by atoms with Crippen molar-refractivity contribution in [2.75, 3.05) is 11.5 Å². The lowest BCUT2D eigenvalue weighted by atomic mass is 9.95. The average molecular weight is 530 g/mol. The Balaban J connectivity index is 1.70. The van der Waals surface area contributed by atoms with Crippen molar-refractivity contribution in [1.29, 1.82) is 0 Å². The van der Waals surface area contributed by atoms with E-state index in [4.69, 9.17) is 4.74 Å². The first-order valence-electron chi connectivity index (χ1n) is 12.0. The van der Waals surface area contributed by atoms with E-state index >= 15 is 0 Å². The Kier molecular flexibility index (Phi) is 6.64. The number of thiazole rings is 1. The van der Waals surface area contributed by atoms with E-state index in [1.165, 1.54) is 34.4 Å². The number of aromatic nitrogens is 1. The first-order valence-corrected chi connectivity index (χ1v) is 12.8. The number of benzene rings is 3. The van der Waals surface area contributed by atoms with Crippen molar-refractivity contribution in [2.24, 2.45) is 0 Å². The molecule has 1 saturated heterocycles. The van der Waals surface area contributed by atoms with Gasteiger partial charge in [0, 0.05) is 17.7 Å². The number of ether oxygens (including phenoxy) is 1. The van der Waals surface area contributed by atoms with Gasteiger partial charge in [-0.15, -0.1) is 0 Å². The zero-order chi connectivity index (χ0) is 27.0. The number of ketones is 1. The molecule has 0 saturated carbocycles. The molecule has 3 aromatic carbocycles. The third kappa shape index (κ3) is 4.39. The lowest BCUT2D eigenvalue weighted by Crippen LogP contribution is -2.29. The molecule has 9 nitrogen and oxygen atoms in total. The molecule has 2 heterocycles. The van der Waals surface area contributed by atoms with E-state index in [2.05, 4.69) is 4.98 Å². The molecule has 0 radical (unpaired) electrons. The lowest BCUT2D eigenvalue weighted by molar-refractivity contribution is -0.384. The molecule has 192 valence electrons. The molecule has 0 bridgehead atoms. The molecule has 38 heavy (non-hydrogen) atoms. The van der Waals surface area contributed by atoms with Crippen LogP contribution in [0.4, 0.5) is 10.8 Å². The molecule has 5 rings (SSSR count). The number of anilines is 1. The number of nitro benzene ring substituents is 1. The molecular weight excluding hydrogens is 506 g/mol. The van der Waals surface area contributed by atoms with E-state index in [1.54, 1.807) is 30.3 Å². The van der Waals surface area contributed by atoms with Gasteiger partial charge in [-0.25, -0.2) is 4.98 Å². The van der Waals surface area contributed by atoms with Crippen molar-refractivity contribution in [3.8, 4) is 5.75 Å². The number of carbonyl (C=O) groups excluding carboxylic acids is 2. The van der Waals surface area contributed by atoms with Crippen molar-refractivity contribution < 1.29 is 24.4 Å². The molecule has 1 amide bonds. The Morgan fingerprint density at radius 1 is 1.11 bits per heavy atom. The number of aliphatic hydroxyl groups is 1. The zero-order valence-electron chi connectivity index (χ0n) is 20.6. The summed E-state index contributed by atoms with van der Waals surface area (Å²) in [6.45, 7) is 4.34. The van der Waals surface area contributed by atoms with Gasteiger partial charge in [-0.05, 0) is 60.9 Å². The van der Waals surface area contributed by atoms with E-state index in [0.717, 1.165) is 16.7 Å². The molecule has 10 heteroatoms. The molecule has 1 aliphatic rings. The third-order valence-electron chi connectivity index (χ3n) is 6.34. The summed E-state index contributed by atoms with van der Waals surface area (Å²) in [5.74, 6) is -1.58. The Morgan fingerprint density at radius 3 is 2.55 bits per heavy atom. The van der Waals surface area contributed by atoms with Crippen molar-refractivity contribution in [2.45, 2.75) is 26.3 Å². The number of hydrogen-bond acceptors (Lipinski definition) is 8. The highest BCUT2D eigenvalue weighted by Gasteiger charge is 2.48. The van der Waals surface area contributed by atoms with Gasteiger partial charge in [0.1, 0.15) is 11.5 Å². The van der Waals surface area contributed by atoms with Gasteiger partial charge >= 0.3 is 5.91 Å². The van der Waals surface area contributed by atoms with Crippen molar-refractivity contribution in [3.05, 3.63) is 99.1 Å². The minimum absolute atomic E-state index is 0.173. The molecule has 4 aromatic rings. The number of amides is 1. The van der Waals surface area contributed by atoms with Gasteiger partial charge in [0.05, 0.1) is 33.4 Å². The smallest absolute Gasteiger partial charge is 0.301 e. The second kappa shape index (κ2) is 10.1. The number of rotatable bonds is 7. The number of Topliss-reactive ketones (excluding diaryl/α,β-unsaturated/α-hetero) is 1. The fraction of sp³-hybridized carbons (Fsp3) is 0.179. The molecule has 1 aliphatic heterocycles. The summed E-state index contributed by atoms with van der Waals surface area (Å²) in [5, 5.41) is 23.1. The number of fused-ring (bicyclic) bond motifs is 1. The number of aryl methyl sites for hydroxylation is 1. The van der Waals surface area contributed by atoms with Gasteiger partial charge in [-0.1, -0.05) is 36.5 Å². The third-order valence-corrected chi connectivity index (χ3v) is 7.35. The standard InChI is InChI=1S/C28H23N3O6S/c1-3-16-8-13-21-22(14-16)38-28(29-21)30-24(18-6-5-7-19(15-18)31(35)36)23(26(33)27(30)34)25(32)17-9-11-20(12-10-17)37-4-2/h5-15,24,32H,3-4H2,1-2H3/t24-/m0/s1. The van der Waals surface area contributed by atoms with Gasteiger partial charge in [-0.2, -0.15) is 0 Å². The Hall–Kier alpha value is -4.57. The van der Waals surface area contributed by atoms with Crippen LogP contribution < -0.4 is 9.64 Å². The van der Waals surface area contributed by atoms with Crippen LogP contribution in [0.1, 0.15) is 36.6 Å². The Morgan fingerprint density at radius 2 is 1.87 bits per heavy atom.